The minimum Gasteiger partial charge on any atom is -0.393 e. The van der Waals surface area contributed by atoms with Gasteiger partial charge in [-0.2, -0.15) is 0 Å². The summed E-state index contributed by atoms with van der Waals surface area (Å²) in [6.07, 6.45) is 4.23. The lowest BCUT2D eigenvalue weighted by atomic mass is 10.0. The minimum atomic E-state index is -0.447. The van der Waals surface area contributed by atoms with Crippen LogP contribution in [0.2, 0.25) is 0 Å². The molecule has 4 nitrogen and oxygen atoms in total. The van der Waals surface area contributed by atoms with Crippen LogP contribution in [0.15, 0.2) is 24.5 Å². The fourth-order valence-corrected chi connectivity index (χ4v) is 1.51. The average molecular weight is 208 g/mol. The second-order valence-corrected chi connectivity index (χ2v) is 3.66. The molecule has 15 heavy (non-hydrogen) atoms. The van der Waals surface area contributed by atoms with E-state index in [0.717, 1.165) is 12.0 Å². The van der Waals surface area contributed by atoms with Crippen LogP contribution in [-0.2, 0) is 4.79 Å². The summed E-state index contributed by atoms with van der Waals surface area (Å²) >= 11 is 0. The molecule has 0 aliphatic heterocycles. The second kappa shape index (κ2) is 5.46. The van der Waals surface area contributed by atoms with E-state index in [-0.39, 0.29) is 6.04 Å². The van der Waals surface area contributed by atoms with E-state index in [2.05, 4.69) is 4.98 Å². The molecule has 1 aromatic rings. The maximum absolute atomic E-state index is 10.7. The summed E-state index contributed by atoms with van der Waals surface area (Å²) in [4.78, 5) is 16.3. The third kappa shape index (κ3) is 3.32. The number of amides is 1. The smallest absolute Gasteiger partial charge is 0.209 e. The molecular weight excluding hydrogens is 192 g/mol. The maximum atomic E-state index is 10.7. The van der Waals surface area contributed by atoms with Gasteiger partial charge in [0.15, 0.2) is 0 Å². The van der Waals surface area contributed by atoms with Crippen LogP contribution in [0.4, 0.5) is 0 Å². The number of aliphatic hydroxyl groups excluding tert-OH is 1. The van der Waals surface area contributed by atoms with Gasteiger partial charge >= 0.3 is 0 Å². The van der Waals surface area contributed by atoms with E-state index in [1.807, 2.05) is 12.1 Å². The Morgan fingerprint density at radius 1 is 1.67 bits per heavy atom. The first-order chi connectivity index (χ1) is 7.15. The number of hydrogen-bond donors (Lipinski definition) is 1. The van der Waals surface area contributed by atoms with Crippen molar-refractivity contribution in [1.29, 1.82) is 0 Å². The molecule has 0 saturated heterocycles. The summed E-state index contributed by atoms with van der Waals surface area (Å²) in [5, 5.41) is 9.37. The van der Waals surface area contributed by atoms with Gasteiger partial charge in [-0.1, -0.05) is 6.07 Å². The molecule has 1 rings (SSSR count). The minimum absolute atomic E-state index is 0.115. The van der Waals surface area contributed by atoms with Crippen molar-refractivity contribution in [3.05, 3.63) is 30.1 Å². The standard InChI is InChI=1S/C11H16N2O2/c1-9(15)6-11(13(2)8-14)10-4-3-5-12-7-10/h3-5,7-9,11,15H,6H2,1-2H3/t9-,11-/m0/s1. The average Bonchev–Trinajstić information content (AvgIpc) is 2.26. The lowest BCUT2D eigenvalue weighted by Crippen LogP contribution is -2.26. The maximum Gasteiger partial charge on any atom is 0.209 e. The Balaban J connectivity index is 2.85. The van der Waals surface area contributed by atoms with Gasteiger partial charge in [0.2, 0.25) is 6.41 Å². The summed E-state index contributed by atoms with van der Waals surface area (Å²) < 4.78 is 0. The second-order valence-electron chi connectivity index (χ2n) is 3.66. The summed E-state index contributed by atoms with van der Waals surface area (Å²) in [5.41, 5.74) is 0.938. The molecule has 0 fully saturated rings. The SMILES string of the molecule is C[C@H](O)C[C@@H](c1cccnc1)N(C)C=O. The number of rotatable bonds is 5. The van der Waals surface area contributed by atoms with E-state index in [1.165, 1.54) is 0 Å². The van der Waals surface area contributed by atoms with Gasteiger partial charge in [-0.05, 0) is 25.0 Å². The van der Waals surface area contributed by atoms with E-state index >= 15 is 0 Å². The van der Waals surface area contributed by atoms with Crippen LogP contribution in [0.1, 0.15) is 24.9 Å². The molecule has 0 saturated carbocycles. The molecule has 4 heteroatoms. The predicted octanol–water partition coefficient (Wildman–Crippen LogP) is 0.982. The molecule has 1 heterocycles. The van der Waals surface area contributed by atoms with Crippen molar-refractivity contribution in [1.82, 2.24) is 9.88 Å². The number of carbonyl (C=O) groups excluding carboxylic acids is 1. The Bertz CT molecular complexity index is 301. The number of aromatic nitrogens is 1. The van der Waals surface area contributed by atoms with Crippen molar-refractivity contribution in [2.24, 2.45) is 0 Å². The first-order valence-corrected chi connectivity index (χ1v) is 4.90. The quantitative estimate of drug-likeness (QED) is 0.734. The van der Waals surface area contributed by atoms with Crippen molar-refractivity contribution in [3.8, 4) is 0 Å². The van der Waals surface area contributed by atoms with E-state index in [9.17, 15) is 9.90 Å². The van der Waals surface area contributed by atoms with Gasteiger partial charge < -0.3 is 10.0 Å². The van der Waals surface area contributed by atoms with Crippen molar-refractivity contribution < 1.29 is 9.90 Å². The van der Waals surface area contributed by atoms with Crippen molar-refractivity contribution in [3.63, 3.8) is 0 Å². The van der Waals surface area contributed by atoms with Gasteiger partial charge in [0.25, 0.3) is 0 Å². The molecule has 0 aliphatic carbocycles. The number of aliphatic hydroxyl groups is 1. The highest BCUT2D eigenvalue weighted by molar-refractivity contribution is 5.48. The zero-order chi connectivity index (χ0) is 11.3. The predicted molar refractivity (Wildman–Crippen MR) is 57.1 cm³/mol. The normalized spacial score (nSPS) is 14.3. The molecule has 1 amide bonds. The van der Waals surface area contributed by atoms with Crippen LogP contribution >= 0.6 is 0 Å². The fraction of sp³-hybridized carbons (Fsp3) is 0.455. The molecule has 82 valence electrons. The van der Waals surface area contributed by atoms with Gasteiger partial charge in [0.05, 0.1) is 12.1 Å². The summed E-state index contributed by atoms with van der Waals surface area (Å²) in [6, 6.07) is 3.61. The molecule has 0 bridgehead atoms. The number of hydrogen-bond acceptors (Lipinski definition) is 3. The lowest BCUT2D eigenvalue weighted by Gasteiger charge is -2.25. The van der Waals surface area contributed by atoms with Gasteiger partial charge in [0, 0.05) is 19.4 Å². The van der Waals surface area contributed by atoms with E-state index in [4.69, 9.17) is 0 Å². The Kier molecular flexibility index (Phi) is 4.24. The van der Waals surface area contributed by atoms with Crippen LogP contribution in [0.25, 0.3) is 0 Å². The van der Waals surface area contributed by atoms with Crippen molar-refractivity contribution >= 4 is 6.41 Å². The Hall–Kier alpha value is -1.42. The highest BCUT2D eigenvalue weighted by atomic mass is 16.3. The Morgan fingerprint density at radius 3 is 2.87 bits per heavy atom. The van der Waals surface area contributed by atoms with Crippen LogP contribution in [-0.4, -0.2) is 34.6 Å². The zero-order valence-corrected chi connectivity index (χ0v) is 9.00. The molecule has 0 aliphatic rings. The van der Waals surface area contributed by atoms with Crippen LogP contribution < -0.4 is 0 Å². The van der Waals surface area contributed by atoms with Crippen molar-refractivity contribution in [2.75, 3.05) is 7.05 Å². The Morgan fingerprint density at radius 2 is 2.40 bits per heavy atom. The lowest BCUT2D eigenvalue weighted by molar-refractivity contribution is -0.119. The topological polar surface area (TPSA) is 53.4 Å². The molecule has 0 unspecified atom stereocenters. The fourth-order valence-electron chi connectivity index (χ4n) is 1.51. The number of nitrogens with zero attached hydrogens (tertiary/aromatic N) is 2. The number of pyridine rings is 1. The van der Waals surface area contributed by atoms with E-state index < -0.39 is 6.10 Å². The summed E-state index contributed by atoms with van der Waals surface area (Å²) in [7, 11) is 1.70. The molecule has 0 radical (unpaired) electrons. The molecular formula is C11H16N2O2. The third-order valence-corrected chi connectivity index (χ3v) is 2.29. The van der Waals surface area contributed by atoms with Crippen LogP contribution in [0.3, 0.4) is 0 Å². The van der Waals surface area contributed by atoms with E-state index in [0.29, 0.717) is 6.42 Å². The molecule has 0 spiro atoms. The van der Waals surface area contributed by atoms with Crippen LogP contribution in [0.5, 0.6) is 0 Å². The van der Waals surface area contributed by atoms with Gasteiger partial charge in [-0.15, -0.1) is 0 Å². The monoisotopic (exact) mass is 208 g/mol. The summed E-state index contributed by atoms with van der Waals surface area (Å²) in [5.74, 6) is 0. The zero-order valence-electron chi connectivity index (χ0n) is 9.00. The summed E-state index contributed by atoms with van der Waals surface area (Å²) in [6.45, 7) is 1.71. The Labute approximate surface area is 89.6 Å². The molecule has 2 atom stereocenters. The third-order valence-electron chi connectivity index (χ3n) is 2.29. The number of carbonyl (C=O) groups is 1. The van der Waals surface area contributed by atoms with Crippen LogP contribution in [0, 0.1) is 0 Å². The van der Waals surface area contributed by atoms with Gasteiger partial charge in [0.1, 0.15) is 0 Å². The largest absolute Gasteiger partial charge is 0.393 e. The molecule has 1 N–H and O–H groups in total. The van der Waals surface area contributed by atoms with Gasteiger partial charge in [-0.3, -0.25) is 9.78 Å². The first-order valence-electron chi connectivity index (χ1n) is 4.90. The van der Waals surface area contributed by atoms with Crippen molar-refractivity contribution in [2.45, 2.75) is 25.5 Å². The highest BCUT2D eigenvalue weighted by Crippen LogP contribution is 2.22. The first kappa shape index (κ1) is 11.7. The van der Waals surface area contributed by atoms with E-state index in [1.54, 1.807) is 31.3 Å². The highest BCUT2D eigenvalue weighted by Gasteiger charge is 2.17. The molecule has 1 aromatic heterocycles. The molecule has 0 aromatic carbocycles. The van der Waals surface area contributed by atoms with Gasteiger partial charge in [-0.25, -0.2) is 0 Å².